The van der Waals surface area contributed by atoms with E-state index in [1.165, 1.54) is 20.7 Å². The highest BCUT2D eigenvalue weighted by atomic mass is 35.6. The third kappa shape index (κ3) is 11.8. The van der Waals surface area contributed by atoms with E-state index in [-0.39, 0.29) is 22.3 Å². The van der Waals surface area contributed by atoms with Gasteiger partial charge in [0, 0.05) is 6.10 Å². The fraction of sp³-hybridized carbons (Fsp3) is 0.364. The summed E-state index contributed by atoms with van der Waals surface area (Å²) in [6.07, 6.45) is 7.57. The van der Waals surface area contributed by atoms with E-state index >= 15 is 0 Å². The molecule has 49 heavy (non-hydrogen) atoms. The fourth-order valence-corrected chi connectivity index (χ4v) is 15.0. The lowest BCUT2D eigenvalue weighted by Gasteiger charge is -2.44. The number of aliphatic hydroxyl groups excluding tert-OH is 1. The van der Waals surface area contributed by atoms with Crippen molar-refractivity contribution in [2.45, 2.75) is 103 Å². The van der Waals surface area contributed by atoms with Gasteiger partial charge in [0.15, 0.2) is 0 Å². The second-order valence-corrected chi connectivity index (χ2v) is 24.7. The molecule has 0 aliphatic carbocycles. The normalized spacial score (nSPS) is 13.1. The predicted octanol–water partition coefficient (Wildman–Crippen LogP) is 10.0. The molecule has 5 heteroatoms. The van der Waals surface area contributed by atoms with Crippen LogP contribution in [-0.4, -0.2) is 33.0 Å². The van der Waals surface area contributed by atoms with Crippen molar-refractivity contribution < 1.29 is 9.53 Å². The van der Waals surface area contributed by atoms with E-state index in [2.05, 4.69) is 171 Å². The van der Waals surface area contributed by atoms with E-state index in [9.17, 15) is 0 Å². The number of hydrogen-bond acceptors (Lipinski definition) is 2. The molecular formula is C44H61ClO2Si2. The maximum absolute atomic E-state index is 8.64. The van der Waals surface area contributed by atoms with Crippen LogP contribution < -0.4 is 20.7 Å². The first kappa shape index (κ1) is 42.2. The molecule has 0 heterocycles. The molecule has 2 nitrogen and oxygen atoms in total. The SMILES string of the molecule is C=CCC[C@H](C)O.C=CCC[C@H](C)O[Si](c1ccccc1)(c1ccccc1)C(C)(C)C.CC(C)(C)[Si](Cl)(c1ccccc1)c1ccccc1. The zero-order valence-corrected chi connectivity index (χ0v) is 34.1. The number of hydrogen-bond donors (Lipinski definition) is 1. The zero-order chi connectivity index (χ0) is 36.6. The van der Waals surface area contributed by atoms with Crippen LogP contribution in [-0.2, 0) is 4.43 Å². The summed E-state index contributed by atoms with van der Waals surface area (Å²) in [6, 6.07) is 42.7. The van der Waals surface area contributed by atoms with Crippen LogP contribution in [0.1, 0.15) is 81.1 Å². The Hall–Kier alpha value is -3.00. The van der Waals surface area contributed by atoms with E-state index in [0.29, 0.717) is 0 Å². The lowest BCUT2D eigenvalue weighted by atomic mass is 10.2. The third-order valence-corrected chi connectivity index (χ3v) is 21.2. The third-order valence-electron chi connectivity index (χ3n) is 8.74. The van der Waals surface area contributed by atoms with Crippen LogP contribution in [0.2, 0.25) is 10.1 Å². The molecule has 0 saturated heterocycles. The van der Waals surface area contributed by atoms with Crippen molar-refractivity contribution in [3.05, 3.63) is 147 Å². The number of halogens is 1. The summed E-state index contributed by atoms with van der Waals surface area (Å²) in [5.74, 6) is 0. The van der Waals surface area contributed by atoms with Crippen LogP contribution in [0, 0.1) is 0 Å². The minimum atomic E-state index is -2.40. The molecule has 264 valence electrons. The molecule has 0 saturated carbocycles. The first-order valence-electron chi connectivity index (χ1n) is 17.6. The van der Waals surface area contributed by atoms with Gasteiger partial charge in [-0.25, -0.2) is 0 Å². The topological polar surface area (TPSA) is 29.5 Å². The first-order valence-corrected chi connectivity index (χ1v) is 22.6. The van der Waals surface area contributed by atoms with Crippen molar-refractivity contribution >= 4 is 47.5 Å². The van der Waals surface area contributed by atoms with Crippen LogP contribution >= 0.6 is 11.1 Å². The monoisotopic (exact) mass is 712 g/mol. The maximum Gasteiger partial charge on any atom is 0.261 e. The smallest absolute Gasteiger partial charge is 0.261 e. The van der Waals surface area contributed by atoms with Gasteiger partial charge in [-0.15, -0.1) is 13.2 Å². The molecule has 0 amide bonds. The number of rotatable bonds is 12. The Labute approximate surface area is 305 Å². The Kier molecular flexibility index (Phi) is 17.2. The summed E-state index contributed by atoms with van der Waals surface area (Å²) in [4.78, 5) is 0. The van der Waals surface area contributed by atoms with Crippen molar-refractivity contribution in [2.24, 2.45) is 0 Å². The molecule has 0 aliphatic heterocycles. The predicted molar refractivity (Wildman–Crippen MR) is 222 cm³/mol. The highest BCUT2D eigenvalue weighted by molar-refractivity contribution is 7.35. The van der Waals surface area contributed by atoms with Gasteiger partial charge in [-0.05, 0) is 70.4 Å². The molecule has 4 rings (SSSR count). The van der Waals surface area contributed by atoms with E-state index in [1.54, 1.807) is 6.92 Å². The van der Waals surface area contributed by atoms with E-state index in [4.69, 9.17) is 20.6 Å². The largest absolute Gasteiger partial charge is 0.405 e. The molecule has 0 aromatic heterocycles. The Balaban J connectivity index is 0.000000293. The fourth-order valence-electron chi connectivity index (χ4n) is 6.13. The molecule has 4 aromatic carbocycles. The van der Waals surface area contributed by atoms with Gasteiger partial charge in [-0.1, -0.05) is 175 Å². The van der Waals surface area contributed by atoms with E-state index in [1.807, 2.05) is 24.3 Å². The van der Waals surface area contributed by atoms with Crippen LogP contribution in [0.25, 0.3) is 0 Å². The van der Waals surface area contributed by atoms with Gasteiger partial charge < -0.3 is 9.53 Å². The highest BCUT2D eigenvalue weighted by Gasteiger charge is 2.51. The molecule has 4 aromatic rings. The quantitative estimate of drug-likeness (QED) is 0.0900. The van der Waals surface area contributed by atoms with Gasteiger partial charge in [-0.3, -0.25) is 0 Å². The van der Waals surface area contributed by atoms with Crippen LogP contribution in [0.3, 0.4) is 0 Å². The van der Waals surface area contributed by atoms with Gasteiger partial charge in [0.25, 0.3) is 8.32 Å². The highest BCUT2D eigenvalue weighted by Crippen LogP contribution is 2.39. The van der Waals surface area contributed by atoms with Crippen molar-refractivity contribution in [1.29, 1.82) is 0 Å². The van der Waals surface area contributed by atoms with Crippen LogP contribution in [0.5, 0.6) is 0 Å². The zero-order valence-electron chi connectivity index (χ0n) is 31.3. The molecule has 0 fully saturated rings. The lowest BCUT2D eigenvalue weighted by Crippen LogP contribution is -2.67. The Morgan fingerprint density at radius 1 is 0.592 bits per heavy atom. The molecule has 0 bridgehead atoms. The minimum Gasteiger partial charge on any atom is -0.405 e. The molecule has 0 spiro atoms. The van der Waals surface area contributed by atoms with Crippen LogP contribution in [0.15, 0.2) is 147 Å². The summed E-state index contributed by atoms with van der Waals surface area (Å²) in [5, 5.41) is 14.0. The van der Waals surface area contributed by atoms with E-state index in [0.717, 1.165) is 25.7 Å². The van der Waals surface area contributed by atoms with Crippen LogP contribution in [0.4, 0.5) is 0 Å². The summed E-state index contributed by atoms with van der Waals surface area (Å²) in [5.41, 5.74) is 0. The van der Waals surface area contributed by atoms with Gasteiger partial charge in [-0.2, -0.15) is 11.1 Å². The van der Waals surface area contributed by atoms with Crippen molar-refractivity contribution in [1.82, 2.24) is 0 Å². The number of allylic oxidation sites excluding steroid dienone is 2. The number of benzene rings is 4. The molecule has 2 atom stereocenters. The lowest BCUT2D eigenvalue weighted by molar-refractivity contribution is 0.186. The second kappa shape index (κ2) is 20.0. The average molecular weight is 714 g/mol. The van der Waals surface area contributed by atoms with Gasteiger partial charge in [0.1, 0.15) is 0 Å². The average Bonchev–Trinajstić information content (AvgIpc) is 3.09. The minimum absolute atomic E-state index is 0.0398. The standard InChI is InChI=1S/C22H30OSi.C16H19ClSi.C6H12O/c1-6-7-14-19(2)23-24(22(3,4)5,20-15-10-8-11-16-20)21-17-12-9-13-18-21;1-16(2,3)18(17,14-10-6-4-7-11-14)15-12-8-5-9-13-15;1-3-4-5-6(2)7/h6,8-13,15-19H,1,7,14H2,2-5H3;4-13H,1-3H3;3,6-7H,1,4-5H2,2H3/t19-;;6-/m0.0/s1. The Bertz CT molecular complexity index is 1400. The van der Waals surface area contributed by atoms with Gasteiger partial charge in [0.2, 0.25) is 7.38 Å². The molecule has 0 unspecified atom stereocenters. The summed E-state index contributed by atoms with van der Waals surface area (Å²) in [6.45, 7) is 25.0. The summed E-state index contributed by atoms with van der Waals surface area (Å²) >= 11 is 7.21. The van der Waals surface area contributed by atoms with Crippen molar-refractivity contribution in [3.63, 3.8) is 0 Å². The molecule has 1 N–H and O–H groups in total. The summed E-state index contributed by atoms with van der Waals surface area (Å²) < 4.78 is 6.97. The maximum atomic E-state index is 8.64. The first-order chi connectivity index (χ1) is 23.1. The Morgan fingerprint density at radius 3 is 1.18 bits per heavy atom. The van der Waals surface area contributed by atoms with Gasteiger partial charge in [0.05, 0.1) is 6.10 Å². The molecular weight excluding hydrogens is 652 g/mol. The van der Waals surface area contributed by atoms with Gasteiger partial charge >= 0.3 is 0 Å². The second-order valence-electron chi connectivity index (χ2n) is 14.8. The number of aliphatic hydroxyl groups is 1. The Morgan fingerprint density at radius 2 is 0.918 bits per heavy atom. The van der Waals surface area contributed by atoms with E-state index < -0.39 is 15.7 Å². The molecule has 0 aliphatic rings. The summed E-state index contributed by atoms with van der Waals surface area (Å²) in [7, 11) is -4.63. The molecule has 0 radical (unpaired) electrons. The van der Waals surface area contributed by atoms with Crippen molar-refractivity contribution in [3.8, 4) is 0 Å². The van der Waals surface area contributed by atoms with Crippen molar-refractivity contribution in [2.75, 3.05) is 0 Å².